The summed E-state index contributed by atoms with van der Waals surface area (Å²) in [5.74, 6) is 0.831. The molecule has 22 heavy (non-hydrogen) atoms. The predicted octanol–water partition coefficient (Wildman–Crippen LogP) is 4.90. The molecule has 110 valence electrons. The Bertz CT molecular complexity index is 751. The molecule has 1 aliphatic heterocycles. The van der Waals surface area contributed by atoms with Crippen LogP contribution in [0.3, 0.4) is 0 Å². The average molecular weight is 325 g/mol. The Morgan fingerprint density at radius 1 is 1.09 bits per heavy atom. The topological polar surface area (TPSA) is 29.4 Å². The van der Waals surface area contributed by atoms with Gasteiger partial charge < -0.3 is 0 Å². The quantitative estimate of drug-likeness (QED) is 0.752. The van der Waals surface area contributed by atoms with Crippen LogP contribution in [0.5, 0.6) is 0 Å². The first-order chi connectivity index (χ1) is 10.7. The van der Waals surface area contributed by atoms with Gasteiger partial charge in [0.15, 0.2) is 0 Å². The van der Waals surface area contributed by atoms with E-state index in [2.05, 4.69) is 17.1 Å². The van der Waals surface area contributed by atoms with Crippen LogP contribution < -0.4 is 0 Å². The Kier molecular flexibility index (Phi) is 4.80. The van der Waals surface area contributed by atoms with Gasteiger partial charge in [0.1, 0.15) is 10.1 Å². The molecule has 1 heterocycles. The molecule has 0 amide bonds. The fourth-order valence-electron chi connectivity index (χ4n) is 2.07. The molecule has 0 radical (unpaired) electrons. The summed E-state index contributed by atoms with van der Waals surface area (Å²) in [7, 11) is 0. The number of aliphatic imine (C=N–C) groups is 1. The molecule has 2 aromatic carbocycles. The van der Waals surface area contributed by atoms with Gasteiger partial charge in [0, 0.05) is 5.75 Å². The van der Waals surface area contributed by atoms with Crippen molar-refractivity contribution in [2.45, 2.75) is 12.7 Å². The minimum atomic E-state index is 0.0267. The van der Waals surface area contributed by atoms with Crippen molar-refractivity contribution in [3.05, 3.63) is 77.0 Å². The SMILES string of the molecule is Cc1ccccc1/C=C1\N=C(SCc2ccccc2)SC1=O. The van der Waals surface area contributed by atoms with E-state index in [9.17, 15) is 4.79 Å². The van der Waals surface area contributed by atoms with Crippen molar-refractivity contribution in [2.24, 2.45) is 4.99 Å². The van der Waals surface area contributed by atoms with Crippen molar-refractivity contribution in [3.8, 4) is 0 Å². The minimum Gasteiger partial charge on any atom is -0.279 e. The van der Waals surface area contributed by atoms with Crippen LogP contribution in [-0.2, 0) is 10.5 Å². The predicted molar refractivity (Wildman–Crippen MR) is 96.9 cm³/mol. The van der Waals surface area contributed by atoms with Gasteiger partial charge in [0.25, 0.3) is 0 Å². The Morgan fingerprint density at radius 3 is 2.59 bits per heavy atom. The first-order valence-electron chi connectivity index (χ1n) is 6.97. The van der Waals surface area contributed by atoms with Crippen molar-refractivity contribution in [3.63, 3.8) is 0 Å². The highest BCUT2D eigenvalue weighted by Crippen LogP contribution is 2.32. The first-order valence-corrected chi connectivity index (χ1v) is 8.77. The van der Waals surface area contributed by atoms with Gasteiger partial charge in [-0.25, -0.2) is 4.99 Å². The standard InChI is InChI=1S/C18H15NOS2/c1-13-7-5-6-10-15(13)11-16-17(20)22-18(19-16)21-12-14-8-3-2-4-9-14/h2-11H,12H2,1H3/b16-11-. The van der Waals surface area contributed by atoms with E-state index in [1.807, 2.05) is 55.5 Å². The summed E-state index contributed by atoms with van der Waals surface area (Å²) in [6.07, 6.45) is 1.88. The molecule has 0 atom stereocenters. The van der Waals surface area contributed by atoms with Crippen LogP contribution in [0.2, 0.25) is 0 Å². The third-order valence-electron chi connectivity index (χ3n) is 3.29. The molecule has 2 nitrogen and oxygen atoms in total. The monoisotopic (exact) mass is 325 g/mol. The smallest absolute Gasteiger partial charge is 0.244 e. The fraction of sp³-hybridized carbons (Fsp3) is 0.111. The number of carbonyl (C=O) groups is 1. The summed E-state index contributed by atoms with van der Waals surface area (Å²) in [5.41, 5.74) is 3.97. The third-order valence-corrected chi connectivity index (χ3v) is 5.37. The van der Waals surface area contributed by atoms with Crippen molar-refractivity contribution < 1.29 is 4.79 Å². The van der Waals surface area contributed by atoms with Crippen LogP contribution in [0.4, 0.5) is 0 Å². The largest absolute Gasteiger partial charge is 0.279 e. The van der Waals surface area contributed by atoms with Gasteiger partial charge in [-0.15, -0.1) is 0 Å². The Balaban J connectivity index is 1.73. The Morgan fingerprint density at radius 2 is 1.82 bits per heavy atom. The van der Waals surface area contributed by atoms with Gasteiger partial charge in [-0.2, -0.15) is 0 Å². The number of hydrogen-bond acceptors (Lipinski definition) is 4. The second kappa shape index (κ2) is 6.99. The number of carbonyl (C=O) groups excluding carboxylic acids is 1. The van der Waals surface area contributed by atoms with Gasteiger partial charge in [0.2, 0.25) is 5.12 Å². The van der Waals surface area contributed by atoms with E-state index in [0.717, 1.165) is 21.3 Å². The lowest BCUT2D eigenvalue weighted by Gasteiger charge is -1.99. The lowest BCUT2D eigenvalue weighted by Crippen LogP contribution is -1.89. The van der Waals surface area contributed by atoms with Crippen molar-refractivity contribution in [2.75, 3.05) is 0 Å². The van der Waals surface area contributed by atoms with E-state index in [0.29, 0.717) is 5.70 Å². The summed E-state index contributed by atoms with van der Waals surface area (Å²) in [6, 6.07) is 18.2. The number of aryl methyl sites for hydroxylation is 1. The molecule has 0 fully saturated rings. The van der Waals surface area contributed by atoms with E-state index in [4.69, 9.17) is 0 Å². The molecular formula is C18H15NOS2. The van der Waals surface area contributed by atoms with Gasteiger partial charge in [0.05, 0.1) is 0 Å². The molecule has 0 bridgehead atoms. The summed E-state index contributed by atoms with van der Waals surface area (Å²) in [4.78, 5) is 16.6. The summed E-state index contributed by atoms with van der Waals surface area (Å²) in [5, 5.41) is 0.0267. The number of thioether (sulfide) groups is 2. The van der Waals surface area contributed by atoms with E-state index in [1.54, 1.807) is 11.8 Å². The molecule has 1 aliphatic rings. The molecule has 3 rings (SSSR count). The van der Waals surface area contributed by atoms with Crippen molar-refractivity contribution >= 4 is 39.1 Å². The zero-order valence-corrected chi connectivity index (χ0v) is 13.8. The average Bonchev–Trinajstić information content (AvgIpc) is 2.89. The van der Waals surface area contributed by atoms with Crippen LogP contribution >= 0.6 is 23.5 Å². The molecule has 0 aliphatic carbocycles. The number of rotatable bonds is 3. The zero-order valence-electron chi connectivity index (χ0n) is 12.2. The van der Waals surface area contributed by atoms with Gasteiger partial charge in [-0.05, 0) is 41.5 Å². The number of benzene rings is 2. The summed E-state index contributed by atoms with van der Waals surface area (Å²) in [6.45, 7) is 2.04. The van der Waals surface area contributed by atoms with Gasteiger partial charge in [-0.1, -0.05) is 66.4 Å². The number of hydrogen-bond donors (Lipinski definition) is 0. The zero-order chi connectivity index (χ0) is 15.4. The normalized spacial score (nSPS) is 16.1. The molecule has 0 aromatic heterocycles. The maximum atomic E-state index is 12.1. The highest BCUT2D eigenvalue weighted by atomic mass is 32.2. The van der Waals surface area contributed by atoms with E-state index in [1.165, 1.54) is 17.3 Å². The summed E-state index contributed by atoms with van der Waals surface area (Å²) < 4.78 is 0.827. The van der Waals surface area contributed by atoms with Crippen LogP contribution in [0.15, 0.2) is 65.3 Å². The molecule has 0 N–H and O–H groups in total. The molecule has 0 spiro atoms. The fourth-order valence-corrected chi connectivity index (χ4v) is 3.86. The highest BCUT2D eigenvalue weighted by molar-refractivity contribution is 8.45. The highest BCUT2D eigenvalue weighted by Gasteiger charge is 2.22. The minimum absolute atomic E-state index is 0.0267. The van der Waals surface area contributed by atoms with E-state index < -0.39 is 0 Å². The van der Waals surface area contributed by atoms with Crippen LogP contribution in [0.25, 0.3) is 6.08 Å². The van der Waals surface area contributed by atoms with Crippen LogP contribution in [0, 0.1) is 6.92 Å². The first kappa shape index (κ1) is 15.1. The lowest BCUT2D eigenvalue weighted by molar-refractivity contribution is -0.107. The van der Waals surface area contributed by atoms with Crippen LogP contribution in [-0.4, -0.2) is 9.49 Å². The maximum Gasteiger partial charge on any atom is 0.244 e. The lowest BCUT2D eigenvalue weighted by atomic mass is 10.1. The molecule has 0 saturated carbocycles. The maximum absolute atomic E-state index is 12.1. The summed E-state index contributed by atoms with van der Waals surface area (Å²) >= 11 is 2.83. The molecule has 0 unspecified atom stereocenters. The molecular weight excluding hydrogens is 310 g/mol. The second-order valence-corrected chi connectivity index (χ2v) is 7.11. The Labute approximate surface area is 138 Å². The van der Waals surface area contributed by atoms with Gasteiger partial charge >= 0.3 is 0 Å². The Hall–Kier alpha value is -1.78. The van der Waals surface area contributed by atoms with Crippen molar-refractivity contribution in [1.29, 1.82) is 0 Å². The number of nitrogens with zero attached hydrogens (tertiary/aromatic N) is 1. The molecule has 2 aromatic rings. The third kappa shape index (κ3) is 3.70. The van der Waals surface area contributed by atoms with E-state index in [-0.39, 0.29) is 5.12 Å². The van der Waals surface area contributed by atoms with Crippen molar-refractivity contribution in [1.82, 2.24) is 0 Å². The van der Waals surface area contributed by atoms with Gasteiger partial charge in [-0.3, -0.25) is 4.79 Å². The van der Waals surface area contributed by atoms with E-state index >= 15 is 0 Å². The van der Waals surface area contributed by atoms with Crippen LogP contribution in [0.1, 0.15) is 16.7 Å². The second-order valence-electron chi connectivity index (χ2n) is 4.93. The molecule has 0 saturated heterocycles. The molecule has 4 heteroatoms.